The number of quaternary nitrogens is 1. The summed E-state index contributed by atoms with van der Waals surface area (Å²) in [5.41, 5.74) is 0.544. The molecule has 1 aromatic heterocycles. The number of anilines is 2. The zero-order valence-electron chi connectivity index (χ0n) is 17.3. The number of aliphatic hydroxyl groups excluding tert-OH is 3. The quantitative estimate of drug-likeness (QED) is 0.149. The minimum Gasteiger partial charge on any atom is -1.00 e. The van der Waals surface area contributed by atoms with E-state index in [1.54, 1.807) is 18.2 Å². The van der Waals surface area contributed by atoms with Gasteiger partial charge in [0.15, 0.2) is 0 Å². The van der Waals surface area contributed by atoms with E-state index in [2.05, 4.69) is 20.3 Å². The van der Waals surface area contributed by atoms with Gasteiger partial charge in [0.05, 0.1) is 24.7 Å². The van der Waals surface area contributed by atoms with Gasteiger partial charge in [-0.2, -0.15) is 13.4 Å². The summed E-state index contributed by atoms with van der Waals surface area (Å²) in [5.74, 6) is 0.251. The average molecular weight is 520 g/mol. The van der Waals surface area contributed by atoms with E-state index in [-0.39, 0.29) is 78.4 Å². The van der Waals surface area contributed by atoms with Crippen LogP contribution in [0.2, 0.25) is 5.28 Å². The van der Waals surface area contributed by atoms with E-state index in [1.165, 1.54) is 18.2 Å². The fourth-order valence-electron chi connectivity index (χ4n) is 3.47. The van der Waals surface area contributed by atoms with Crippen molar-refractivity contribution < 1.29 is 40.7 Å². The summed E-state index contributed by atoms with van der Waals surface area (Å²) in [6.07, 6.45) is 0. The van der Waals surface area contributed by atoms with Crippen LogP contribution in [0, 0.1) is 0 Å². The molecule has 0 aliphatic rings. The number of fused-ring (bicyclic) bond motifs is 1. The largest absolute Gasteiger partial charge is 1.00 e. The highest BCUT2D eigenvalue weighted by molar-refractivity contribution is 7.85. The van der Waals surface area contributed by atoms with Gasteiger partial charge in [0.2, 0.25) is 11.2 Å². The van der Waals surface area contributed by atoms with E-state index in [0.717, 1.165) is 0 Å². The lowest BCUT2D eigenvalue weighted by Crippen LogP contribution is -3.00. The molecule has 0 amide bonds. The summed E-state index contributed by atoms with van der Waals surface area (Å²) in [4.78, 5) is 12.4. The van der Waals surface area contributed by atoms with Crippen molar-refractivity contribution in [1.29, 1.82) is 0 Å². The van der Waals surface area contributed by atoms with Crippen molar-refractivity contribution in [2.24, 2.45) is 0 Å². The average Bonchev–Trinajstić information content (AvgIpc) is 2.73. The number of nitrogens with one attached hydrogen (secondary N) is 1. The van der Waals surface area contributed by atoms with Crippen molar-refractivity contribution in [3.63, 3.8) is 0 Å². The number of halogens is 2. The van der Waals surface area contributed by atoms with E-state index >= 15 is 0 Å². The molecule has 0 atom stereocenters. The van der Waals surface area contributed by atoms with E-state index < -0.39 is 10.1 Å². The van der Waals surface area contributed by atoms with Crippen LogP contribution in [-0.4, -0.2) is 82.7 Å². The number of hydrogen-bond acceptors (Lipinski definition) is 9. The summed E-state index contributed by atoms with van der Waals surface area (Å²) < 4.78 is 32.0. The second-order valence-electron chi connectivity index (χ2n) is 7.00. The van der Waals surface area contributed by atoms with Crippen molar-refractivity contribution in [2.75, 3.05) is 44.8 Å². The molecule has 0 fully saturated rings. The number of rotatable bonds is 10. The molecule has 0 bridgehead atoms. The van der Waals surface area contributed by atoms with Crippen molar-refractivity contribution in [3.05, 3.63) is 41.7 Å². The van der Waals surface area contributed by atoms with Crippen molar-refractivity contribution in [3.8, 4) is 0 Å². The van der Waals surface area contributed by atoms with Gasteiger partial charge in [-0.05, 0) is 35.2 Å². The maximum atomic E-state index is 11.4. The Labute approximate surface area is 201 Å². The molecule has 11 nitrogen and oxygen atoms in total. The van der Waals surface area contributed by atoms with Gasteiger partial charge in [0.25, 0.3) is 10.1 Å². The van der Waals surface area contributed by atoms with Crippen molar-refractivity contribution in [2.45, 2.75) is 4.90 Å². The molecule has 5 N–H and O–H groups in total. The molecule has 0 radical (unpaired) electrons. The molecule has 14 heteroatoms. The second-order valence-corrected chi connectivity index (χ2v) is 8.76. The monoisotopic (exact) mass is 519 g/mol. The van der Waals surface area contributed by atoms with Crippen LogP contribution in [-0.2, 0) is 10.1 Å². The molecule has 0 spiro atoms. The van der Waals surface area contributed by atoms with Gasteiger partial charge < -0.3 is 33.0 Å². The predicted octanol–water partition coefficient (Wildman–Crippen LogP) is -2.04. The zero-order valence-corrected chi connectivity index (χ0v) is 19.6. The Morgan fingerprint density at radius 3 is 2.15 bits per heavy atom. The Morgan fingerprint density at radius 1 is 0.939 bits per heavy atom. The summed E-state index contributed by atoms with van der Waals surface area (Å²) in [5, 5.41) is 32.7. The maximum absolute atomic E-state index is 11.4. The highest BCUT2D eigenvalue weighted by Gasteiger charge is 2.33. The van der Waals surface area contributed by atoms with Gasteiger partial charge in [-0.15, -0.1) is 9.97 Å². The number of hydrogen-bond donors (Lipinski definition) is 5. The molecule has 0 saturated heterocycles. The minimum atomic E-state index is -4.34. The SMILES string of the molecule is O=S(=O)(O)c1ccc2c(Nc3nc(Cl)nc([N+](CCO)(CCO)CCO)n3)cccc2c1.[Cl-]. The van der Waals surface area contributed by atoms with Crippen LogP contribution in [0.25, 0.3) is 10.8 Å². The smallest absolute Gasteiger partial charge is 0.335 e. The Kier molecular flexibility index (Phi) is 9.29. The third kappa shape index (κ3) is 6.25. The van der Waals surface area contributed by atoms with Crippen LogP contribution >= 0.6 is 11.6 Å². The molecule has 2 aromatic carbocycles. The van der Waals surface area contributed by atoms with Gasteiger partial charge in [-0.1, -0.05) is 18.2 Å². The normalized spacial score (nSPS) is 11.9. The van der Waals surface area contributed by atoms with Crippen molar-refractivity contribution in [1.82, 2.24) is 19.4 Å². The summed E-state index contributed by atoms with van der Waals surface area (Å²) in [6, 6.07) is 9.25. The lowest BCUT2D eigenvalue weighted by Gasteiger charge is -2.34. The van der Waals surface area contributed by atoms with Gasteiger partial charge >= 0.3 is 5.95 Å². The summed E-state index contributed by atoms with van der Waals surface area (Å²) in [7, 11) is -4.34. The van der Waals surface area contributed by atoms with Crippen LogP contribution in [0.3, 0.4) is 0 Å². The van der Waals surface area contributed by atoms with Crippen LogP contribution in [0.5, 0.6) is 0 Å². The Morgan fingerprint density at radius 2 is 1.58 bits per heavy atom. The molecule has 0 saturated carbocycles. The fourth-order valence-corrected chi connectivity index (χ4v) is 4.14. The van der Waals surface area contributed by atoms with Crippen LogP contribution < -0.4 is 22.2 Å². The summed E-state index contributed by atoms with van der Waals surface area (Å²) in [6.45, 7) is -0.253. The molecule has 0 aliphatic heterocycles. The third-order valence-corrected chi connectivity index (χ3v) is 6.02. The molecule has 3 aromatic rings. The molecular formula is C19H23Cl2N5O6S. The van der Waals surface area contributed by atoms with Crippen molar-refractivity contribution >= 4 is 50.1 Å². The first kappa shape index (κ1) is 27.1. The molecule has 3 rings (SSSR count). The first-order valence-electron chi connectivity index (χ1n) is 9.60. The minimum absolute atomic E-state index is 0. The Hall–Kier alpha value is -2.16. The van der Waals surface area contributed by atoms with E-state index in [4.69, 9.17) is 11.6 Å². The highest BCUT2D eigenvalue weighted by Crippen LogP contribution is 2.29. The lowest BCUT2D eigenvalue weighted by atomic mass is 10.1. The first-order chi connectivity index (χ1) is 15.2. The van der Waals surface area contributed by atoms with Gasteiger partial charge in [-0.25, -0.2) is 0 Å². The Bertz CT molecular complexity index is 1200. The number of aromatic nitrogens is 3. The van der Waals surface area contributed by atoms with E-state index in [9.17, 15) is 28.3 Å². The topological polar surface area (TPSA) is 166 Å². The fraction of sp³-hybridized carbons (Fsp3) is 0.316. The van der Waals surface area contributed by atoms with E-state index in [1.807, 2.05) is 0 Å². The number of nitrogens with zero attached hydrogens (tertiary/aromatic N) is 4. The third-order valence-electron chi connectivity index (χ3n) is 5.00. The molecule has 33 heavy (non-hydrogen) atoms. The predicted molar refractivity (Wildman–Crippen MR) is 120 cm³/mol. The van der Waals surface area contributed by atoms with Crippen LogP contribution in [0.15, 0.2) is 41.3 Å². The van der Waals surface area contributed by atoms with Gasteiger partial charge in [0, 0.05) is 11.1 Å². The van der Waals surface area contributed by atoms with Crippen LogP contribution in [0.1, 0.15) is 0 Å². The molecule has 180 valence electrons. The Balaban J connectivity index is 0.00000385. The van der Waals surface area contributed by atoms with Crippen LogP contribution in [0.4, 0.5) is 17.6 Å². The number of aliphatic hydroxyl groups is 3. The molecular weight excluding hydrogens is 497 g/mol. The molecule has 1 heterocycles. The number of benzene rings is 2. The standard InChI is InChI=1S/C19H22ClN5O6S.ClH/c20-17-22-18(24-19(23-17)25(6-9-26,7-10-27)8-11-28)21-16-3-1-2-13-12-14(32(29,30)31)4-5-15(13)16;/h1-5,12,26-28H,6-11H2,(H-,21,22,23,24,29,30,31);1H. The second kappa shape index (κ2) is 11.3. The zero-order chi connectivity index (χ0) is 23.4. The molecule has 0 unspecified atom stereocenters. The van der Waals surface area contributed by atoms with E-state index in [0.29, 0.717) is 16.5 Å². The molecule has 0 aliphatic carbocycles. The first-order valence-corrected chi connectivity index (χ1v) is 11.4. The highest BCUT2D eigenvalue weighted by atomic mass is 35.5. The maximum Gasteiger partial charge on any atom is 0.335 e. The lowest BCUT2D eigenvalue weighted by molar-refractivity contribution is -0.0000152. The summed E-state index contributed by atoms with van der Waals surface area (Å²) >= 11 is 6.12. The van der Waals surface area contributed by atoms with Gasteiger partial charge in [-0.3, -0.25) is 9.04 Å². The van der Waals surface area contributed by atoms with Gasteiger partial charge in [0.1, 0.15) is 19.6 Å².